The highest BCUT2D eigenvalue weighted by Crippen LogP contribution is 2.48. The molecule has 1 aliphatic rings. The van der Waals surface area contributed by atoms with Crippen LogP contribution in [0.15, 0.2) is 24.3 Å². The average molecular weight is 381 g/mol. The molecule has 1 aliphatic carbocycles. The number of fused-ring (bicyclic) bond motifs is 1. The first-order valence-electron chi connectivity index (χ1n) is 7.94. The Balaban J connectivity index is 1.85. The third-order valence-corrected chi connectivity index (χ3v) is 5.58. The van der Waals surface area contributed by atoms with E-state index in [0.29, 0.717) is 5.00 Å². The third kappa shape index (κ3) is 3.41. The number of hydrogen-bond acceptors (Lipinski definition) is 4. The minimum absolute atomic E-state index is 0.0559. The van der Waals surface area contributed by atoms with Crippen LogP contribution in [0.25, 0.3) is 0 Å². The lowest BCUT2D eigenvalue weighted by molar-refractivity contribution is -0.0498. The molecular formula is C18H17F2NO4S. The van der Waals surface area contributed by atoms with E-state index in [1.54, 1.807) is 0 Å². The van der Waals surface area contributed by atoms with E-state index >= 15 is 0 Å². The zero-order valence-electron chi connectivity index (χ0n) is 14.1. The van der Waals surface area contributed by atoms with E-state index in [2.05, 4.69) is 10.1 Å². The van der Waals surface area contributed by atoms with Crippen LogP contribution in [0.2, 0.25) is 0 Å². The van der Waals surface area contributed by atoms with Crippen LogP contribution in [-0.4, -0.2) is 23.6 Å². The topological polar surface area (TPSA) is 75.6 Å². The Bertz CT molecular complexity index is 859. The van der Waals surface area contributed by atoms with E-state index in [1.807, 2.05) is 13.8 Å². The summed E-state index contributed by atoms with van der Waals surface area (Å²) in [5, 5.41) is 12.6. The molecule has 1 heterocycles. The summed E-state index contributed by atoms with van der Waals surface area (Å²) in [6, 6.07) is 5.21. The van der Waals surface area contributed by atoms with Crippen LogP contribution >= 0.6 is 11.3 Å². The van der Waals surface area contributed by atoms with Crippen LogP contribution in [0.3, 0.4) is 0 Å². The Morgan fingerprint density at radius 2 is 1.92 bits per heavy atom. The fourth-order valence-corrected chi connectivity index (χ4v) is 4.54. The van der Waals surface area contributed by atoms with Gasteiger partial charge in [-0.15, -0.1) is 11.3 Å². The van der Waals surface area contributed by atoms with Crippen molar-refractivity contribution in [2.75, 3.05) is 5.32 Å². The molecule has 1 amide bonds. The summed E-state index contributed by atoms with van der Waals surface area (Å²) in [6.45, 7) is 1.04. The number of aryl methyl sites for hydroxylation is 1. The quantitative estimate of drug-likeness (QED) is 0.798. The average Bonchev–Trinajstić information content (AvgIpc) is 3.05. The minimum Gasteiger partial charge on any atom is -0.478 e. The van der Waals surface area contributed by atoms with Gasteiger partial charge < -0.3 is 15.2 Å². The number of amides is 1. The number of carbonyl (C=O) groups excluding carboxylic acids is 1. The van der Waals surface area contributed by atoms with Gasteiger partial charge in [-0.05, 0) is 48.1 Å². The van der Waals surface area contributed by atoms with E-state index in [9.17, 15) is 23.5 Å². The summed E-state index contributed by atoms with van der Waals surface area (Å²) < 4.78 is 28.6. The molecule has 0 saturated carbocycles. The van der Waals surface area contributed by atoms with Crippen molar-refractivity contribution in [2.45, 2.75) is 38.7 Å². The fraction of sp³-hybridized carbons (Fsp3) is 0.333. The van der Waals surface area contributed by atoms with Crippen LogP contribution in [-0.2, 0) is 11.8 Å². The number of carbonyl (C=O) groups is 2. The molecule has 0 fully saturated rings. The van der Waals surface area contributed by atoms with E-state index < -0.39 is 18.5 Å². The van der Waals surface area contributed by atoms with Crippen LogP contribution < -0.4 is 10.1 Å². The van der Waals surface area contributed by atoms with Gasteiger partial charge in [0.2, 0.25) is 0 Å². The van der Waals surface area contributed by atoms with Crippen LogP contribution in [0.5, 0.6) is 5.75 Å². The van der Waals surface area contributed by atoms with Crippen LogP contribution in [0.4, 0.5) is 13.8 Å². The van der Waals surface area contributed by atoms with Gasteiger partial charge in [-0.3, -0.25) is 4.79 Å². The standard InChI is InChI=1S/C18H17F2NO4S/c1-18(2)8-7-11-13(18)12(16(23)24)15(26-11)21-14(22)9-3-5-10(6-4-9)25-17(19)20/h3-6,17H,7-8H2,1-2H3,(H,21,22)(H,23,24). The molecule has 0 aliphatic heterocycles. The Kier molecular flexibility index (Phi) is 4.70. The van der Waals surface area contributed by atoms with Gasteiger partial charge in [0.25, 0.3) is 5.91 Å². The number of nitrogens with one attached hydrogen (secondary N) is 1. The number of aromatic carboxylic acids is 1. The predicted octanol–water partition coefficient (Wildman–Crippen LogP) is 4.52. The second kappa shape index (κ2) is 6.68. The third-order valence-electron chi connectivity index (χ3n) is 4.42. The molecule has 3 rings (SSSR count). The molecule has 0 saturated heterocycles. The normalized spacial score (nSPS) is 15.0. The first-order chi connectivity index (χ1) is 12.2. The lowest BCUT2D eigenvalue weighted by atomic mass is 9.85. The van der Waals surface area contributed by atoms with Gasteiger partial charge in [-0.25, -0.2) is 4.79 Å². The van der Waals surface area contributed by atoms with Gasteiger partial charge >= 0.3 is 12.6 Å². The Hall–Kier alpha value is -2.48. The highest BCUT2D eigenvalue weighted by Gasteiger charge is 2.38. The first-order valence-corrected chi connectivity index (χ1v) is 8.76. The number of benzene rings is 1. The van der Waals surface area contributed by atoms with Crippen molar-refractivity contribution < 1.29 is 28.2 Å². The van der Waals surface area contributed by atoms with Crippen molar-refractivity contribution in [3.05, 3.63) is 45.8 Å². The molecule has 1 aromatic carbocycles. The number of thiophene rings is 1. The van der Waals surface area contributed by atoms with Gasteiger partial charge in [0.15, 0.2) is 0 Å². The molecule has 0 atom stereocenters. The SMILES string of the molecule is CC1(C)CCc2sc(NC(=O)c3ccc(OC(F)F)cc3)c(C(=O)O)c21. The van der Waals surface area contributed by atoms with Crippen molar-refractivity contribution in [1.29, 1.82) is 0 Å². The highest BCUT2D eigenvalue weighted by atomic mass is 32.1. The Labute approximate surface area is 152 Å². The smallest absolute Gasteiger partial charge is 0.387 e. The van der Waals surface area contributed by atoms with Gasteiger partial charge in [-0.2, -0.15) is 8.78 Å². The maximum Gasteiger partial charge on any atom is 0.387 e. The number of halogens is 2. The van der Waals surface area contributed by atoms with Gasteiger partial charge in [0, 0.05) is 10.4 Å². The monoisotopic (exact) mass is 381 g/mol. The van der Waals surface area contributed by atoms with Crippen molar-refractivity contribution in [1.82, 2.24) is 0 Å². The van der Waals surface area contributed by atoms with Crippen LogP contribution in [0, 0.1) is 0 Å². The van der Waals surface area contributed by atoms with Crippen molar-refractivity contribution >= 4 is 28.2 Å². The van der Waals surface area contributed by atoms with Gasteiger partial charge in [0.1, 0.15) is 10.8 Å². The number of anilines is 1. The number of carboxylic acids is 1. The van der Waals surface area contributed by atoms with Crippen molar-refractivity contribution in [3.63, 3.8) is 0 Å². The number of hydrogen-bond donors (Lipinski definition) is 2. The molecule has 1 aromatic heterocycles. The molecule has 0 radical (unpaired) electrons. The van der Waals surface area contributed by atoms with E-state index in [-0.39, 0.29) is 22.3 Å². The zero-order chi connectivity index (χ0) is 19.1. The van der Waals surface area contributed by atoms with E-state index in [0.717, 1.165) is 23.3 Å². The molecule has 0 spiro atoms. The summed E-state index contributed by atoms with van der Waals surface area (Å²) in [7, 11) is 0. The first kappa shape index (κ1) is 18.3. The highest BCUT2D eigenvalue weighted by molar-refractivity contribution is 7.17. The second-order valence-electron chi connectivity index (χ2n) is 6.65. The molecule has 5 nitrogen and oxygen atoms in total. The van der Waals surface area contributed by atoms with Crippen LogP contribution in [0.1, 0.15) is 51.4 Å². The summed E-state index contributed by atoms with van der Waals surface area (Å²) in [5.74, 6) is -1.64. The number of rotatable bonds is 5. The Morgan fingerprint density at radius 3 is 2.50 bits per heavy atom. The maximum atomic E-state index is 12.4. The van der Waals surface area contributed by atoms with Crippen molar-refractivity contribution in [2.24, 2.45) is 0 Å². The lowest BCUT2D eigenvalue weighted by Crippen LogP contribution is -2.18. The number of ether oxygens (including phenoxy) is 1. The zero-order valence-corrected chi connectivity index (χ0v) is 15.0. The molecule has 2 aromatic rings. The summed E-state index contributed by atoms with van der Waals surface area (Å²) in [4.78, 5) is 25.2. The fourth-order valence-electron chi connectivity index (χ4n) is 3.18. The molecule has 26 heavy (non-hydrogen) atoms. The number of alkyl halides is 2. The summed E-state index contributed by atoms with van der Waals surface area (Å²) >= 11 is 1.28. The minimum atomic E-state index is -2.94. The van der Waals surface area contributed by atoms with E-state index in [1.165, 1.54) is 35.6 Å². The molecule has 138 valence electrons. The summed E-state index contributed by atoms with van der Waals surface area (Å²) in [6.07, 6.45) is 1.65. The molecule has 0 unspecified atom stereocenters. The van der Waals surface area contributed by atoms with Crippen molar-refractivity contribution in [3.8, 4) is 5.75 Å². The number of carboxylic acid groups (broad SMARTS) is 1. The molecular weight excluding hydrogens is 364 g/mol. The molecule has 8 heteroatoms. The lowest BCUT2D eigenvalue weighted by Gasteiger charge is -2.19. The molecule has 2 N–H and O–H groups in total. The predicted molar refractivity (Wildman–Crippen MR) is 93.7 cm³/mol. The molecule has 0 bridgehead atoms. The largest absolute Gasteiger partial charge is 0.478 e. The maximum absolute atomic E-state index is 12.4. The van der Waals surface area contributed by atoms with E-state index in [4.69, 9.17) is 0 Å². The Morgan fingerprint density at radius 1 is 1.27 bits per heavy atom. The second-order valence-corrected chi connectivity index (χ2v) is 7.76. The summed E-state index contributed by atoms with van der Waals surface area (Å²) in [5.41, 5.74) is 0.886. The van der Waals surface area contributed by atoms with Gasteiger partial charge in [-0.1, -0.05) is 13.8 Å². The van der Waals surface area contributed by atoms with Gasteiger partial charge in [0.05, 0.1) is 5.56 Å².